The standard InChI is InChI=1S/C21H26N2O3S2/c1-3-23(28(25,26)20-13-11-19(27-2)12-14-20)18-9-7-17(8-10-18)21(24)22-15-5-4-6-16-22/h7-14H,3-6,15-16H2,1-2H3. The van der Waals surface area contributed by atoms with Gasteiger partial charge in [-0.05, 0) is 81.0 Å². The van der Waals surface area contributed by atoms with Gasteiger partial charge in [-0.25, -0.2) is 8.42 Å². The van der Waals surface area contributed by atoms with E-state index >= 15 is 0 Å². The number of hydrogen-bond acceptors (Lipinski definition) is 4. The van der Waals surface area contributed by atoms with E-state index in [0.717, 1.165) is 30.8 Å². The van der Waals surface area contributed by atoms with Gasteiger partial charge in [-0.1, -0.05) is 0 Å². The summed E-state index contributed by atoms with van der Waals surface area (Å²) in [6.07, 6.45) is 5.21. The highest BCUT2D eigenvalue weighted by Gasteiger charge is 2.24. The van der Waals surface area contributed by atoms with Crippen LogP contribution in [0.1, 0.15) is 36.5 Å². The number of anilines is 1. The molecule has 0 aromatic heterocycles. The van der Waals surface area contributed by atoms with Crippen LogP contribution in [0.5, 0.6) is 0 Å². The number of piperidine rings is 1. The van der Waals surface area contributed by atoms with Crippen LogP contribution in [0.4, 0.5) is 5.69 Å². The third kappa shape index (κ3) is 4.36. The average molecular weight is 419 g/mol. The predicted molar refractivity (Wildman–Crippen MR) is 115 cm³/mol. The minimum Gasteiger partial charge on any atom is -0.339 e. The Hall–Kier alpha value is -1.99. The van der Waals surface area contributed by atoms with E-state index in [1.54, 1.807) is 55.1 Å². The molecular formula is C21H26N2O3S2. The third-order valence-electron chi connectivity index (χ3n) is 4.98. The monoisotopic (exact) mass is 418 g/mol. The lowest BCUT2D eigenvalue weighted by molar-refractivity contribution is 0.0724. The van der Waals surface area contributed by atoms with E-state index in [-0.39, 0.29) is 10.8 Å². The zero-order chi connectivity index (χ0) is 20.1. The summed E-state index contributed by atoms with van der Waals surface area (Å²) in [4.78, 5) is 15.8. The van der Waals surface area contributed by atoms with Crippen LogP contribution in [0.25, 0.3) is 0 Å². The Morgan fingerprint density at radius 3 is 2.14 bits per heavy atom. The van der Waals surface area contributed by atoms with E-state index < -0.39 is 10.0 Å². The number of sulfonamides is 1. The van der Waals surface area contributed by atoms with Gasteiger partial charge >= 0.3 is 0 Å². The van der Waals surface area contributed by atoms with Crippen LogP contribution in [0.2, 0.25) is 0 Å². The van der Waals surface area contributed by atoms with Crippen LogP contribution < -0.4 is 4.31 Å². The molecule has 150 valence electrons. The van der Waals surface area contributed by atoms with Crippen molar-refractivity contribution in [3.8, 4) is 0 Å². The first-order valence-electron chi connectivity index (χ1n) is 9.53. The van der Waals surface area contributed by atoms with E-state index in [1.165, 1.54) is 10.7 Å². The van der Waals surface area contributed by atoms with Crippen LogP contribution in [0.15, 0.2) is 58.3 Å². The lowest BCUT2D eigenvalue weighted by atomic mass is 10.1. The zero-order valence-electron chi connectivity index (χ0n) is 16.3. The normalized spacial score (nSPS) is 14.7. The first kappa shape index (κ1) is 20.7. The van der Waals surface area contributed by atoms with Gasteiger partial charge in [0.15, 0.2) is 0 Å². The van der Waals surface area contributed by atoms with Crippen LogP contribution in [0, 0.1) is 0 Å². The number of benzene rings is 2. The number of nitrogens with zero attached hydrogens (tertiary/aromatic N) is 2. The van der Waals surface area contributed by atoms with Crippen molar-refractivity contribution in [2.45, 2.75) is 36.0 Å². The smallest absolute Gasteiger partial charge is 0.264 e. The van der Waals surface area contributed by atoms with Gasteiger partial charge in [0, 0.05) is 30.1 Å². The summed E-state index contributed by atoms with van der Waals surface area (Å²) in [6.45, 7) is 3.71. The molecule has 0 N–H and O–H groups in total. The molecule has 0 bridgehead atoms. The average Bonchev–Trinajstić information content (AvgIpc) is 2.74. The molecule has 1 amide bonds. The summed E-state index contributed by atoms with van der Waals surface area (Å²) in [5.41, 5.74) is 1.16. The van der Waals surface area contributed by atoms with Gasteiger partial charge in [0.1, 0.15) is 0 Å². The Kier molecular flexibility index (Phi) is 6.67. The Bertz CT molecular complexity index is 904. The van der Waals surface area contributed by atoms with Gasteiger partial charge in [-0.2, -0.15) is 0 Å². The second-order valence-corrected chi connectivity index (χ2v) is 9.49. The Balaban J connectivity index is 1.82. The number of carbonyl (C=O) groups is 1. The maximum atomic E-state index is 13.1. The highest BCUT2D eigenvalue weighted by molar-refractivity contribution is 7.98. The van der Waals surface area contributed by atoms with E-state index in [0.29, 0.717) is 17.8 Å². The maximum Gasteiger partial charge on any atom is 0.264 e. The lowest BCUT2D eigenvalue weighted by Gasteiger charge is -2.27. The largest absolute Gasteiger partial charge is 0.339 e. The molecule has 0 aliphatic carbocycles. The first-order valence-corrected chi connectivity index (χ1v) is 12.2. The van der Waals surface area contributed by atoms with Crippen molar-refractivity contribution in [3.63, 3.8) is 0 Å². The van der Waals surface area contributed by atoms with Crippen molar-refractivity contribution >= 4 is 33.4 Å². The van der Waals surface area contributed by atoms with E-state index in [2.05, 4.69) is 0 Å². The SMILES string of the molecule is CCN(c1ccc(C(=O)N2CCCCC2)cc1)S(=O)(=O)c1ccc(SC)cc1. The molecule has 1 heterocycles. The zero-order valence-corrected chi connectivity index (χ0v) is 17.9. The summed E-state index contributed by atoms with van der Waals surface area (Å²) < 4.78 is 27.5. The Labute approximate surface area is 171 Å². The van der Waals surface area contributed by atoms with Crippen molar-refractivity contribution in [1.29, 1.82) is 0 Å². The van der Waals surface area contributed by atoms with Crippen molar-refractivity contribution in [2.24, 2.45) is 0 Å². The molecule has 1 aliphatic heterocycles. The van der Waals surface area contributed by atoms with Crippen LogP contribution in [0.3, 0.4) is 0 Å². The van der Waals surface area contributed by atoms with Crippen LogP contribution in [-0.2, 0) is 10.0 Å². The number of amides is 1. The molecule has 2 aromatic rings. The molecular weight excluding hydrogens is 392 g/mol. The topological polar surface area (TPSA) is 57.7 Å². The van der Waals surface area contributed by atoms with Crippen molar-refractivity contribution in [2.75, 3.05) is 30.2 Å². The number of carbonyl (C=O) groups excluding carboxylic acids is 1. The Morgan fingerprint density at radius 1 is 1.00 bits per heavy atom. The fourth-order valence-corrected chi connectivity index (χ4v) is 5.30. The van der Waals surface area contributed by atoms with E-state index in [9.17, 15) is 13.2 Å². The summed E-state index contributed by atoms with van der Waals surface area (Å²) in [5.74, 6) is 0.0183. The fourth-order valence-electron chi connectivity index (χ4n) is 3.42. The second kappa shape index (κ2) is 9.01. The summed E-state index contributed by atoms with van der Waals surface area (Å²) in [7, 11) is -3.65. The van der Waals surface area contributed by atoms with Gasteiger partial charge in [0.05, 0.1) is 10.6 Å². The molecule has 0 atom stereocenters. The number of hydrogen-bond donors (Lipinski definition) is 0. The number of rotatable bonds is 6. The van der Waals surface area contributed by atoms with Gasteiger partial charge in [0.25, 0.3) is 15.9 Å². The van der Waals surface area contributed by atoms with Crippen molar-refractivity contribution < 1.29 is 13.2 Å². The molecule has 1 aliphatic rings. The highest BCUT2D eigenvalue weighted by atomic mass is 32.2. The predicted octanol–water partition coefficient (Wildman–Crippen LogP) is 4.25. The molecule has 5 nitrogen and oxygen atoms in total. The summed E-state index contributed by atoms with van der Waals surface area (Å²) in [5, 5.41) is 0. The molecule has 0 saturated carbocycles. The van der Waals surface area contributed by atoms with Crippen LogP contribution in [-0.4, -0.2) is 45.1 Å². The molecule has 0 spiro atoms. The van der Waals surface area contributed by atoms with Gasteiger partial charge in [-0.15, -0.1) is 11.8 Å². The van der Waals surface area contributed by atoms with E-state index in [4.69, 9.17) is 0 Å². The molecule has 1 fully saturated rings. The van der Waals surface area contributed by atoms with E-state index in [1.807, 2.05) is 23.3 Å². The molecule has 0 radical (unpaired) electrons. The quantitative estimate of drug-likeness (QED) is 0.658. The highest BCUT2D eigenvalue weighted by Crippen LogP contribution is 2.26. The second-order valence-electron chi connectivity index (χ2n) is 6.75. The summed E-state index contributed by atoms with van der Waals surface area (Å²) in [6, 6.07) is 13.8. The molecule has 7 heteroatoms. The molecule has 2 aromatic carbocycles. The minimum absolute atomic E-state index is 0.0183. The Morgan fingerprint density at radius 2 is 1.61 bits per heavy atom. The molecule has 28 heavy (non-hydrogen) atoms. The van der Waals surface area contributed by atoms with Crippen molar-refractivity contribution in [3.05, 3.63) is 54.1 Å². The number of thioether (sulfide) groups is 1. The third-order valence-corrected chi connectivity index (χ3v) is 7.64. The first-order chi connectivity index (χ1) is 13.5. The van der Waals surface area contributed by atoms with Crippen LogP contribution >= 0.6 is 11.8 Å². The lowest BCUT2D eigenvalue weighted by Crippen LogP contribution is -2.35. The fraction of sp³-hybridized carbons (Fsp3) is 0.381. The maximum absolute atomic E-state index is 13.1. The number of likely N-dealkylation sites (tertiary alicyclic amines) is 1. The molecule has 3 rings (SSSR count). The molecule has 1 saturated heterocycles. The minimum atomic E-state index is -3.65. The van der Waals surface area contributed by atoms with Gasteiger partial charge in [-0.3, -0.25) is 9.10 Å². The van der Waals surface area contributed by atoms with Gasteiger partial charge < -0.3 is 4.90 Å². The summed E-state index contributed by atoms with van der Waals surface area (Å²) >= 11 is 1.57. The van der Waals surface area contributed by atoms with Gasteiger partial charge in [0.2, 0.25) is 0 Å². The molecule has 0 unspecified atom stereocenters. The van der Waals surface area contributed by atoms with Crippen molar-refractivity contribution in [1.82, 2.24) is 4.90 Å².